The first-order valence-electron chi connectivity index (χ1n) is 11.4. The van der Waals surface area contributed by atoms with Crippen LogP contribution in [0.1, 0.15) is 30.4 Å². The Hall–Kier alpha value is -2.84. The normalized spacial score (nSPS) is 18.4. The molecule has 0 aromatic heterocycles. The van der Waals surface area contributed by atoms with E-state index in [4.69, 9.17) is 4.74 Å². The van der Waals surface area contributed by atoms with Crippen molar-refractivity contribution in [2.75, 3.05) is 20.0 Å². The molecule has 0 radical (unpaired) electrons. The number of amides is 2. The van der Waals surface area contributed by atoms with Crippen LogP contribution in [-0.4, -0.2) is 60.2 Å². The summed E-state index contributed by atoms with van der Waals surface area (Å²) >= 11 is 1.54. The number of nitrogens with zero attached hydrogens (tertiary/aromatic N) is 1. The molecule has 2 amide bonds. The number of nitrogens with one attached hydrogen (secondary N) is 1. The number of ketones is 1. The molecule has 182 valence electrons. The van der Waals surface area contributed by atoms with Crippen molar-refractivity contribution in [3.8, 4) is 0 Å². The van der Waals surface area contributed by atoms with Crippen molar-refractivity contribution in [2.45, 2.75) is 49.7 Å². The number of ether oxygens (including phenoxy) is 2. The second kappa shape index (κ2) is 13.2. The van der Waals surface area contributed by atoms with E-state index in [9.17, 15) is 14.4 Å². The molecular formula is C26H32N2O5S. The molecular weight excluding hydrogens is 452 g/mol. The molecule has 2 aromatic carbocycles. The maximum absolute atomic E-state index is 12.9. The largest absolute Gasteiger partial charge is 0.469 e. The summed E-state index contributed by atoms with van der Waals surface area (Å²) < 4.78 is 10.3. The third kappa shape index (κ3) is 7.33. The van der Waals surface area contributed by atoms with E-state index in [1.54, 1.807) is 18.9 Å². The van der Waals surface area contributed by atoms with E-state index in [1.807, 2.05) is 53.4 Å². The molecule has 1 fully saturated rings. The maximum atomic E-state index is 12.9. The second-order valence-electron chi connectivity index (χ2n) is 8.22. The number of methoxy groups -OCH3 is 2. The van der Waals surface area contributed by atoms with Crippen molar-refractivity contribution in [3.63, 3.8) is 0 Å². The molecule has 1 saturated heterocycles. The van der Waals surface area contributed by atoms with Crippen LogP contribution in [0.25, 0.3) is 0 Å². The average molecular weight is 485 g/mol. The van der Waals surface area contributed by atoms with Crippen LogP contribution in [0.4, 0.5) is 4.79 Å². The molecule has 0 spiro atoms. The van der Waals surface area contributed by atoms with Gasteiger partial charge < -0.3 is 19.7 Å². The minimum Gasteiger partial charge on any atom is -0.469 e. The standard InChI is InChI=1S/C26H32N2O5S/c1-32-23(30)15-9-14-21(29)18-34-22(16-19-10-5-3-6-11-19)24-25(33-2)27-26(31)28(24)17-20-12-7-4-8-13-20/h3-8,10-13,22,24-25H,9,14-18H2,1-2H3,(H,27,31). The fourth-order valence-electron chi connectivity index (χ4n) is 4.07. The number of hydrogen-bond donors (Lipinski definition) is 1. The smallest absolute Gasteiger partial charge is 0.320 e. The first-order valence-corrected chi connectivity index (χ1v) is 12.4. The molecule has 0 saturated carbocycles. The predicted molar refractivity (Wildman–Crippen MR) is 132 cm³/mol. The molecule has 1 aliphatic heterocycles. The summed E-state index contributed by atoms with van der Waals surface area (Å²) in [5.41, 5.74) is 2.16. The van der Waals surface area contributed by atoms with Crippen molar-refractivity contribution >= 4 is 29.5 Å². The number of benzene rings is 2. The van der Waals surface area contributed by atoms with E-state index in [1.165, 1.54) is 7.11 Å². The maximum Gasteiger partial charge on any atom is 0.320 e. The van der Waals surface area contributed by atoms with Crippen LogP contribution >= 0.6 is 11.8 Å². The Morgan fingerprint density at radius 1 is 1.00 bits per heavy atom. The summed E-state index contributed by atoms with van der Waals surface area (Å²) in [4.78, 5) is 38.6. The lowest BCUT2D eigenvalue weighted by molar-refractivity contribution is -0.140. The van der Waals surface area contributed by atoms with E-state index in [-0.39, 0.29) is 35.5 Å². The van der Waals surface area contributed by atoms with Gasteiger partial charge in [-0.3, -0.25) is 9.59 Å². The van der Waals surface area contributed by atoms with Crippen molar-refractivity contribution in [2.24, 2.45) is 0 Å². The summed E-state index contributed by atoms with van der Waals surface area (Å²) in [6.45, 7) is 0.454. The Bertz CT molecular complexity index is 941. The monoisotopic (exact) mass is 484 g/mol. The van der Waals surface area contributed by atoms with E-state index in [0.29, 0.717) is 31.6 Å². The summed E-state index contributed by atoms with van der Waals surface area (Å²) in [5, 5.41) is 2.88. The molecule has 3 atom stereocenters. The molecule has 7 nitrogen and oxygen atoms in total. The molecule has 3 unspecified atom stereocenters. The van der Waals surface area contributed by atoms with Crippen LogP contribution in [0.5, 0.6) is 0 Å². The minimum absolute atomic E-state index is 0.0698. The van der Waals surface area contributed by atoms with Gasteiger partial charge in [-0.05, 0) is 24.0 Å². The number of carbonyl (C=O) groups excluding carboxylic acids is 3. The highest BCUT2D eigenvalue weighted by Gasteiger charge is 2.44. The van der Waals surface area contributed by atoms with Gasteiger partial charge in [0.25, 0.3) is 0 Å². The summed E-state index contributed by atoms with van der Waals surface area (Å²) in [5.74, 6) is 0.0733. The van der Waals surface area contributed by atoms with Gasteiger partial charge >= 0.3 is 12.0 Å². The third-order valence-corrected chi connectivity index (χ3v) is 7.19. The third-order valence-electron chi connectivity index (χ3n) is 5.83. The first kappa shape index (κ1) is 25.8. The Morgan fingerprint density at radius 3 is 2.26 bits per heavy atom. The van der Waals surface area contributed by atoms with Gasteiger partial charge in [-0.1, -0.05) is 60.7 Å². The Kier molecular flexibility index (Phi) is 9.97. The van der Waals surface area contributed by atoms with Gasteiger partial charge in [0.1, 0.15) is 5.78 Å². The van der Waals surface area contributed by atoms with Gasteiger partial charge in [-0.25, -0.2) is 4.79 Å². The highest BCUT2D eigenvalue weighted by molar-refractivity contribution is 8.00. The SMILES string of the molecule is COC(=O)CCCC(=O)CSC(Cc1ccccc1)C1C(OC)NC(=O)N1Cc1ccccc1. The lowest BCUT2D eigenvalue weighted by Crippen LogP contribution is -2.46. The molecule has 1 aliphatic rings. The topological polar surface area (TPSA) is 84.9 Å². The molecule has 0 aliphatic carbocycles. The Morgan fingerprint density at radius 2 is 1.65 bits per heavy atom. The number of Topliss-reactive ketones (excluding diaryl/α,β-unsaturated/α-hetero) is 1. The van der Waals surface area contributed by atoms with Crippen LogP contribution in [0, 0.1) is 0 Å². The van der Waals surface area contributed by atoms with Gasteiger partial charge in [0.05, 0.1) is 18.9 Å². The van der Waals surface area contributed by atoms with Crippen molar-refractivity contribution in [3.05, 3.63) is 71.8 Å². The van der Waals surface area contributed by atoms with Crippen LogP contribution in [0.2, 0.25) is 0 Å². The molecule has 34 heavy (non-hydrogen) atoms. The van der Waals surface area contributed by atoms with Gasteiger partial charge in [-0.2, -0.15) is 0 Å². The number of esters is 1. The average Bonchev–Trinajstić information content (AvgIpc) is 3.17. The number of urea groups is 1. The Balaban J connectivity index is 1.75. The predicted octanol–water partition coefficient (Wildman–Crippen LogP) is 3.81. The fourth-order valence-corrected chi connectivity index (χ4v) is 5.41. The summed E-state index contributed by atoms with van der Waals surface area (Å²) in [6.07, 6.45) is 1.24. The molecule has 1 N–H and O–H groups in total. The molecule has 2 aromatic rings. The van der Waals surface area contributed by atoms with Crippen LogP contribution in [-0.2, 0) is 32.0 Å². The molecule has 3 rings (SSSR count). The van der Waals surface area contributed by atoms with Crippen molar-refractivity contribution in [1.29, 1.82) is 0 Å². The highest BCUT2D eigenvalue weighted by atomic mass is 32.2. The summed E-state index contributed by atoms with van der Waals surface area (Å²) in [7, 11) is 2.94. The Labute approximate surface area is 205 Å². The number of hydrogen-bond acceptors (Lipinski definition) is 6. The van der Waals surface area contributed by atoms with Gasteiger partial charge in [-0.15, -0.1) is 11.8 Å². The van der Waals surface area contributed by atoms with Crippen LogP contribution < -0.4 is 5.32 Å². The van der Waals surface area contributed by atoms with E-state index in [0.717, 1.165) is 11.1 Å². The zero-order valence-corrected chi connectivity index (χ0v) is 20.5. The highest BCUT2D eigenvalue weighted by Crippen LogP contribution is 2.30. The number of thioether (sulfide) groups is 1. The molecule has 0 bridgehead atoms. The molecule has 8 heteroatoms. The first-order chi connectivity index (χ1) is 16.5. The van der Waals surface area contributed by atoms with E-state index in [2.05, 4.69) is 22.2 Å². The van der Waals surface area contributed by atoms with Crippen LogP contribution in [0.15, 0.2) is 60.7 Å². The van der Waals surface area contributed by atoms with Crippen molar-refractivity contribution < 1.29 is 23.9 Å². The molecule has 1 heterocycles. The zero-order chi connectivity index (χ0) is 24.3. The zero-order valence-electron chi connectivity index (χ0n) is 19.6. The van der Waals surface area contributed by atoms with Gasteiger partial charge in [0.2, 0.25) is 0 Å². The van der Waals surface area contributed by atoms with Crippen LogP contribution in [0.3, 0.4) is 0 Å². The minimum atomic E-state index is -0.480. The lowest BCUT2D eigenvalue weighted by Gasteiger charge is -2.33. The summed E-state index contributed by atoms with van der Waals surface area (Å²) in [6, 6.07) is 19.5. The fraction of sp³-hybridized carbons (Fsp3) is 0.423. The van der Waals surface area contributed by atoms with Crippen molar-refractivity contribution in [1.82, 2.24) is 10.2 Å². The number of rotatable bonds is 13. The number of carbonyl (C=O) groups is 3. The van der Waals surface area contributed by atoms with E-state index < -0.39 is 6.23 Å². The van der Waals surface area contributed by atoms with Gasteiger partial charge in [0.15, 0.2) is 6.23 Å². The van der Waals surface area contributed by atoms with Gasteiger partial charge in [0, 0.05) is 31.7 Å². The lowest BCUT2D eigenvalue weighted by atomic mass is 10.0. The second-order valence-corrected chi connectivity index (χ2v) is 9.44. The quantitative estimate of drug-likeness (QED) is 0.435. The van der Waals surface area contributed by atoms with E-state index >= 15 is 0 Å².